The zero-order chi connectivity index (χ0) is 15.1. The Balaban J connectivity index is 2.00. The molecule has 0 saturated carbocycles. The van der Waals surface area contributed by atoms with Crippen LogP contribution in [0.4, 0.5) is 0 Å². The summed E-state index contributed by atoms with van der Waals surface area (Å²) in [6.07, 6.45) is 3.76. The van der Waals surface area contributed by atoms with Crippen LogP contribution >= 0.6 is 0 Å². The van der Waals surface area contributed by atoms with Crippen molar-refractivity contribution in [1.29, 1.82) is 0 Å². The predicted molar refractivity (Wildman–Crippen MR) is 88.1 cm³/mol. The monoisotopic (exact) mass is 290 g/mol. The Bertz CT molecular complexity index is 393. The molecule has 118 valence electrons. The van der Waals surface area contributed by atoms with Crippen molar-refractivity contribution in [3.8, 4) is 0 Å². The summed E-state index contributed by atoms with van der Waals surface area (Å²) in [5.74, 6) is 0.598. The molecule has 0 aromatic heterocycles. The van der Waals surface area contributed by atoms with Gasteiger partial charge >= 0.3 is 0 Å². The number of nitrogens with zero attached hydrogens (tertiary/aromatic N) is 1. The molecule has 1 saturated heterocycles. The minimum atomic E-state index is 0.403. The molecule has 1 fully saturated rings. The van der Waals surface area contributed by atoms with Crippen molar-refractivity contribution in [1.82, 2.24) is 4.90 Å². The van der Waals surface area contributed by atoms with E-state index >= 15 is 0 Å². The van der Waals surface area contributed by atoms with Crippen molar-refractivity contribution in [2.75, 3.05) is 19.7 Å². The number of benzene rings is 1. The van der Waals surface area contributed by atoms with Gasteiger partial charge in [-0.05, 0) is 43.8 Å². The summed E-state index contributed by atoms with van der Waals surface area (Å²) in [7, 11) is 0. The van der Waals surface area contributed by atoms with Gasteiger partial charge < -0.3 is 10.5 Å². The number of nitrogens with two attached hydrogens (primary N) is 1. The molecule has 21 heavy (non-hydrogen) atoms. The SMILES string of the molecule is CC(C)C1CC(N(CCCN)Cc2ccccc2)CCO1. The molecule has 1 aromatic carbocycles. The van der Waals surface area contributed by atoms with Crippen molar-refractivity contribution in [3.63, 3.8) is 0 Å². The first-order valence-corrected chi connectivity index (χ1v) is 8.30. The van der Waals surface area contributed by atoms with E-state index in [1.807, 2.05) is 0 Å². The molecule has 1 aliphatic heterocycles. The number of rotatable bonds is 7. The van der Waals surface area contributed by atoms with E-state index in [2.05, 4.69) is 49.1 Å². The van der Waals surface area contributed by atoms with Gasteiger partial charge in [-0.1, -0.05) is 44.2 Å². The molecule has 3 heteroatoms. The second-order valence-electron chi connectivity index (χ2n) is 6.43. The summed E-state index contributed by atoms with van der Waals surface area (Å²) < 4.78 is 5.92. The van der Waals surface area contributed by atoms with Crippen molar-refractivity contribution in [3.05, 3.63) is 35.9 Å². The minimum Gasteiger partial charge on any atom is -0.378 e. The molecule has 2 unspecified atom stereocenters. The molecule has 0 bridgehead atoms. The molecule has 3 nitrogen and oxygen atoms in total. The second-order valence-corrected chi connectivity index (χ2v) is 6.43. The highest BCUT2D eigenvalue weighted by atomic mass is 16.5. The maximum Gasteiger partial charge on any atom is 0.0612 e. The van der Waals surface area contributed by atoms with Gasteiger partial charge in [0.1, 0.15) is 0 Å². The van der Waals surface area contributed by atoms with Gasteiger partial charge in [0.25, 0.3) is 0 Å². The number of hydrogen-bond donors (Lipinski definition) is 1. The van der Waals surface area contributed by atoms with Crippen LogP contribution in [-0.4, -0.2) is 36.7 Å². The van der Waals surface area contributed by atoms with Crippen LogP contribution in [0.3, 0.4) is 0 Å². The third-order valence-electron chi connectivity index (χ3n) is 4.43. The molecule has 0 amide bonds. The fraction of sp³-hybridized carbons (Fsp3) is 0.667. The lowest BCUT2D eigenvalue weighted by Gasteiger charge is -2.39. The van der Waals surface area contributed by atoms with E-state index in [-0.39, 0.29) is 0 Å². The Morgan fingerprint density at radius 2 is 2.05 bits per heavy atom. The summed E-state index contributed by atoms with van der Waals surface area (Å²) in [5.41, 5.74) is 7.11. The third kappa shape index (κ3) is 5.10. The van der Waals surface area contributed by atoms with Crippen LogP contribution in [0.2, 0.25) is 0 Å². The maximum atomic E-state index is 5.92. The number of hydrogen-bond acceptors (Lipinski definition) is 3. The van der Waals surface area contributed by atoms with Crippen LogP contribution in [0.15, 0.2) is 30.3 Å². The molecule has 0 aliphatic carbocycles. The lowest BCUT2D eigenvalue weighted by atomic mass is 9.94. The highest BCUT2D eigenvalue weighted by Crippen LogP contribution is 2.25. The molecule has 2 atom stereocenters. The molecule has 0 radical (unpaired) electrons. The van der Waals surface area contributed by atoms with Crippen LogP contribution in [0.1, 0.15) is 38.7 Å². The second kappa shape index (κ2) is 8.52. The van der Waals surface area contributed by atoms with Gasteiger partial charge in [-0.3, -0.25) is 4.90 Å². The van der Waals surface area contributed by atoms with Crippen LogP contribution in [0.25, 0.3) is 0 Å². The predicted octanol–water partition coefficient (Wildman–Crippen LogP) is 3.04. The molecule has 1 heterocycles. The fourth-order valence-electron chi connectivity index (χ4n) is 3.11. The van der Waals surface area contributed by atoms with E-state index < -0.39 is 0 Å². The van der Waals surface area contributed by atoms with Crippen molar-refractivity contribution >= 4 is 0 Å². The highest BCUT2D eigenvalue weighted by molar-refractivity contribution is 5.14. The van der Waals surface area contributed by atoms with Gasteiger partial charge in [0.05, 0.1) is 6.10 Å². The molecule has 2 rings (SSSR count). The Labute approximate surface area is 129 Å². The van der Waals surface area contributed by atoms with E-state index in [4.69, 9.17) is 10.5 Å². The van der Waals surface area contributed by atoms with Crippen molar-refractivity contribution in [2.24, 2.45) is 11.7 Å². The molecule has 0 spiro atoms. The first-order valence-electron chi connectivity index (χ1n) is 8.30. The first kappa shape index (κ1) is 16.5. The molecule has 1 aromatic rings. The Morgan fingerprint density at radius 3 is 2.71 bits per heavy atom. The quantitative estimate of drug-likeness (QED) is 0.839. The van der Waals surface area contributed by atoms with E-state index in [1.165, 1.54) is 5.56 Å². The van der Waals surface area contributed by atoms with Gasteiger partial charge in [-0.25, -0.2) is 0 Å². The van der Waals surface area contributed by atoms with Gasteiger partial charge in [0, 0.05) is 19.2 Å². The fourth-order valence-corrected chi connectivity index (χ4v) is 3.11. The largest absolute Gasteiger partial charge is 0.378 e. The zero-order valence-corrected chi connectivity index (χ0v) is 13.5. The van der Waals surface area contributed by atoms with E-state index in [0.717, 1.165) is 45.5 Å². The average Bonchev–Trinajstić information content (AvgIpc) is 2.52. The Morgan fingerprint density at radius 1 is 1.29 bits per heavy atom. The summed E-state index contributed by atoms with van der Waals surface area (Å²) in [6, 6.07) is 11.4. The number of ether oxygens (including phenoxy) is 1. The minimum absolute atomic E-state index is 0.403. The standard InChI is InChI=1S/C18H30N2O/c1-15(2)18-13-17(9-12-21-18)20(11-6-10-19)14-16-7-4-3-5-8-16/h3-5,7-8,15,17-18H,6,9-14,19H2,1-2H3. The van der Waals surface area contributed by atoms with Gasteiger partial charge in [-0.15, -0.1) is 0 Å². The Kier molecular flexibility index (Phi) is 6.68. The summed E-state index contributed by atoms with van der Waals surface area (Å²) in [5, 5.41) is 0. The summed E-state index contributed by atoms with van der Waals surface area (Å²) >= 11 is 0. The van der Waals surface area contributed by atoms with E-state index in [9.17, 15) is 0 Å². The topological polar surface area (TPSA) is 38.5 Å². The smallest absolute Gasteiger partial charge is 0.0612 e. The van der Waals surface area contributed by atoms with Crippen LogP contribution in [0.5, 0.6) is 0 Å². The summed E-state index contributed by atoms with van der Waals surface area (Å²) in [4.78, 5) is 2.61. The molecule has 1 aliphatic rings. The lowest BCUT2D eigenvalue weighted by Crippen LogP contribution is -2.44. The Hall–Kier alpha value is -0.900. The summed E-state index contributed by atoms with van der Waals surface area (Å²) in [6.45, 7) is 8.28. The van der Waals surface area contributed by atoms with Gasteiger partial charge in [-0.2, -0.15) is 0 Å². The highest BCUT2D eigenvalue weighted by Gasteiger charge is 2.28. The molecule has 2 N–H and O–H groups in total. The lowest BCUT2D eigenvalue weighted by molar-refractivity contribution is -0.0501. The van der Waals surface area contributed by atoms with Gasteiger partial charge in [0.15, 0.2) is 0 Å². The average molecular weight is 290 g/mol. The van der Waals surface area contributed by atoms with Crippen LogP contribution in [0, 0.1) is 5.92 Å². The van der Waals surface area contributed by atoms with E-state index in [1.54, 1.807) is 0 Å². The third-order valence-corrected chi connectivity index (χ3v) is 4.43. The zero-order valence-electron chi connectivity index (χ0n) is 13.5. The normalized spacial score (nSPS) is 22.9. The van der Waals surface area contributed by atoms with Crippen molar-refractivity contribution < 1.29 is 4.74 Å². The maximum absolute atomic E-state index is 5.92. The van der Waals surface area contributed by atoms with Crippen LogP contribution in [-0.2, 0) is 11.3 Å². The first-order chi connectivity index (χ1) is 10.2. The van der Waals surface area contributed by atoms with Crippen LogP contribution < -0.4 is 5.73 Å². The van der Waals surface area contributed by atoms with Crippen molar-refractivity contribution in [2.45, 2.75) is 51.8 Å². The molecular formula is C18H30N2O. The van der Waals surface area contributed by atoms with E-state index in [0.29, 0.717) is 18.1 Å². The molecular weight excluding hydrogens is 260 g/mol. The van der Waals surface area contributed by atoms with Gasteiger partial charge in [0.2, 0.25) is 0 Å².